The zero-order chi connectivity index (χ0) is 12.0. The van der Waals surface area contributed by atoms with Crippen LogP contribution < -0.4 is 5.43 Å². The first kappa shape index (κ1) is 13.0. The lowest BCUT2D eigenvalue weighted by atomic mass is 10.0. The maximum atomic E-state index is 11.3. The molecule has 16 heavy (non-hydrogen) atoms. The van der Waals surface area contributed by atoms with Gasteiger partial charge in [0.1, 0.15) is 6.10 Å². The van der Waals surface area contributed by atoms with E-state index in [-0.39, 0.29) is 12.1 Å². The second-order valence-corrected chi connectivity index (χ2v) is 4.43. The van der Waals surface area contributed by atoms with Gasteiger partial charge in [-0.05, 0) is 12.8 Å². The highest BCUT2D eigenvalue weighted by molar-refractivity contribution is 5.83. The summed E-state index contributed by atoms with van der Waals surface area (Å²) in [4.78, 5) is 11.3. The molecule has 0 saturated carbocycles. The largest absolute Gasteiger partial charge is 0.459 e. The highest BCUT2D eigenvalue weighted by Crippen LogP contribution is 2.18. The van der Waals surface area contributed by atoms with Gasteiger partial charge in [0.15, 0.2) is 0 Å². The van der Waals surface area contributed by atoms with E-state index in [1.807, 2.05) is 19.1 Å². The third-order valence-corrected chi connectivity index (χ3v) is 2.52. The third kappa shape index (κ3) is 4.66. The topological polar surface area (TPSA) is 41.6 Å². The first-order valence-electron chi connectivity index (χ1n) is 5.97. The minimum Gasteiger partial charge on any atom is -0.459 e. The second kappa shape index (κ2) is 6.53. The maximum Gasteiger partial charge on any atom is 0.332 e. The summed E-state index contributed by atoms with van der Waals surface area (Å²) in [5.74, 6) is -0.225. The third-order valence-electron chi connectivity index (χ3n) is 2.52. The summed E-state index contributed by atoms with van der Waals surface area (Å²) in [6, 6.07) is 0. The molecule has 0 aliphatic carbocycles. The number of carbonyl (C=O) groups excluding carboxylic acids is 1. The van der Waals surface area contributed by atoms with Crippen molar-refractivity contribution in [1.29, 1.82) is 0 Å². The number of cyclic esters (lactones) is 1. The molecule has 1 aliphatic rings. The number of hydrogen-bond acceptors (Lipinski definition) is 4. The average Bonchev–Trinajstić information content (AvgIpc) is 2.16. The average molecular weight is 226 g/mol. The number of rotatable bonds is 6. The highest BCUT2D eigenvalue weighted by atomic mass is 16.5. The van der Waals surface area contributed by atoms with Gasteiger partial charge >= 0.3 is 5.97 Å². The van der Waals surface area contributed by atoms with Crippen LogP contribution in [0.2, 0.25) is 0 Å². The number of hydrogen-bond donors (Lipinski definition) is 1. The Bertz CT molecular complexity index is 262. The molecular formula is C12H22N2O2. The Hall–Kier alpha value is -1.03. The lowest BCUT2D eigenvalue weighted by Crippen LogP contribution is -2.35. The second-order valence-electron chi connectivity index (χ2n) is 4.43. The molecule has 1 rings (SSSR count). The van der Waals surface area contributed by atoms with Crippen LogP contribution in [0.15, 0.2) is 11.8 Å². The molecule has 0 aromatic heterocycles. The van der Waals surface area contributed by atoms with Crippen molar-refractivity contribution in [1.82, 2.24) is 10.4 Å². The van der Waals surface area contributed by atoms with Crippen molar-refractivity contribution in [3.05, 3.63) is 11.8 Å². The van der Waals surface area contributed by atoms with E-state index in [0.717, 1.165) is 25.0 Å². The van der Waals surface area contributed by atoms with Crippen LogP contribution in [-0.2, 0) is 9.53 Å². The summed E-state index contributed by atoms with van der Waals surface area (Å²) in [6.07, 6.45) is 6.87. The number of carbonyl (C=O) groups is 1. The van der Waals surface area contributed by atoms with E-state index >= 15 is 0 Å². The molecule has 0 saturated heterocycles. The van der Waals surface area contributed by atoms with Gasteiger partial charge in [-0.1, -0.05) is 19.8 Å². The molecule has 0 spiro atoms. The van der Waals surface area contributed by atoms with Gasteiger partial charge in [0.05, 0.1) is 0 Å². The molecule has 1 unspecified atom stereocenters. The minimum absolute atomic E-state index is 0.0477. The van der Waals surface area contributed by atoms with Crippen molar-refractivity contribution in [2.75, 3.05) is 14.1 Å². The SMILES string of the molecule is CCCCCC1CC(NN(C)C)=CC(=O)O1. The van der Waals surface area contributed by atoms with Crippen molar-refractivity contribution >= 4 is 5.97 Å². The molecule has 92 valence electrons. The zero-order valence-electron chi connectivity index (χ0n) is 10.5. The van der Waals surface area contributed by atoms with Crippen LogP contribution in [0.1, 0.15) is 39.0 Å². The van der Waals surface area contributed by atoms with Crippen molar-refractivity contribution in [3.8, 4) is 0 Å². The summed E-state index contributed by atoms with van der Waals surface area (Å²) in [7, 11) is 3.82. The fourth-order valence-electron chi connectivity index (χ4n) is 1.83. The first-order chi connectivity index (χ1) is 7.61. The molecule has 0 amide bonds. The van der Waals surface area contributed by atoms with Crippen LogP contribution >= 0.6 is 0 Å². The van der Waals surface area contributed by atoms with E-state index in [1.165, 1.54) is 18.9 Å². The predicted octanol–water partition coefficient (Wildman–Crippen LogP) is 1.83. The number of esters is 1. The minimum atomic E-state index is -0.225. The standard InChI is InChI=1S/C12H22N2O2/c1-4-5-6-7-11-8-10(13-14(2)3)9-12(15)16-11/h9,11,13H,4-8H2,1-3H3. The van der Waals surface area contributed by atoms with Gasteiger partial charge in [-0.15, -0.1) is 0 Å². The van der Waals surface area contributed by atoms with E-state index in [4.69, 9.17) is 4.74 Å². The fraction of sp³-hybridized carbons (Fsp3) is 0.750. The summed E-state index contributed by atoms with van der Waals surface area (Å²) in [5, 5.41) is 1.84. The number of nitrogens with one attached hydrogen (secondary N) is 1. The Morgan fingerprint density at radius 3 is 2.88 bits per heavy atom. The molecule has 0 aromatic rings. The molecule has 0 fully saturated rings. The Morgan fingerprint density at radius 2 is 2.25 bits per heavy atom. The van der Waals surface area contributed by atoms with E-state index < -0.39 is 0 Å². The number of nitrogens with zero attached hydrogens (tertiary/aromatic N) is 1. The molecule has 1 heterocycles. The van der Waals surface area contributed by atoms with Gasteiger partial charge in [-0.25, -0.2) is 9.80 Å². The molecule has 0 radical (unpaired) electrons. The van der Waals surface area contributed by atoms with Crippen LogP contribution in [0.5, 0.6) is 0 Å². The number of ether oxygens (including phenoxy) is 1. The van der Waals surface area contributed by atoms with E-state index in [2.05, 4.69) is 12.3 Å². The quantitative estimate of drug-likeness (QED) is 0.426. The molecule has 4 heteroatoms. The lowest BCUT2D eigenvalue weighted by molar-refractivity contribution is -0.144. The van der Waals surface area contributed by atoms with Crippen molar-refractivity contribution in [2.45, 2.75) is 45.1 Å². The number of unbranched alkanes of at least 4 members (excludes halogenated alkanes) is 2. The van der Waals surface area contributed by atoms with Gasteiger partial charge in [0.25, 0.3) is 0 Å². The van der Waals surface area contributed by atoms with Crippen molar-refractivity contribution in [2.24, 2.45) is 0 Å². The van der Waals surface area contributed by atoms with Gasteiger partial charge in [-0.3, -0.25) is 0 Å². The lowest BCUT2D eigenvalue weighted by Gasteiger charge is -2.25. The Kier molecular flexibility index (Phi) is 5.32. The Labute approximate surface area is 97.6 Å². The van der Waals surface area contributed by atoms with E-state index in [1.54, 1.807) is 0 Å². The fourth-order valence-corrected chi connectivity index (χ4v) is 1.83. The molecule has 0 bridgehead atoms. The van der Waals surface area contributed by atoms with Crippen LogP contribution in [0, 0.1) is 0 Å². The summed E-state index contributed by atoms with van der Waals surface area (Å²) in [6.45, 7) is 2.17. The molecular weight excluding hydrogens is 204 g/mol. The predicted molar refractivity (Wildman–Crippen MR) is 63.5 cm³/mol. The smallest absolute Gasteiger partial charge is 0.332 e. The molecule has 1 N–H and O–H groups in total. The summed E-state index contributed by atoms with van der Waals surface area (Å²) >= 11 is 0. The van der Waals surface area contributed by atoms with E-state index in [9.17, 15) is 4.79 Å². The monoisotopic (exact) mass is 226 g/mol. The van der Waals surface area contributed by atoms with Crippen LogP contribution in [0.25, 0.3) is 0 Å². The van der Waals surface area contributed by atoms with Gasteiger partial charge in [0, 0.05) is 32.3 Å². The molecule has 0 aromatic carbocycles. The first-order valence-corrected chi connectivity index (χ1v) is 5.97. The molecule has 4 nitrogen and oxygen atoms in total. The highest BCUT2D eigenvalue weighted by Gasteiger charge is 2.21. The van der Waals surface area contributed by atoms with Crippen molar-refractivity contribution < 1.29 is 9.53 Å². The maximum absolute atomic E-state index is 11.3. The summed E-state index contributed by atoms with van der Waals surface area (Å²) in [5.41, 5.74) is 4.07. The Balaban J connectivity index is 2.41. The molecule has 1 atom stereocenters. The van der Waals surface area contributed by atoms with Crippen LogP contribution in [0.4, 0.5) is 0 Å². The Morgan fingerprint density at radius 1 is 1.50 bits per heavy atom. The zero-order valence-corrected chi connectivity index (χ0v) is 10.5. The van der Waals surface area contributed by atoms with Crippen LogP contribution in [0.3, 0.4) is 0 Å². The van der Waals surface area contributed by atoms with Crippen molar-refractivity contribution in [3.63, 3.8) is 0 Å². The number of hydrazine groups is 1. The van der Waals surface area contributed by atoms with Crippen LogP contribution in [-0.4, -0.2) is 31.2 Å². The summed E-state index contributed by atoms with van der Waals surface area (Å²) < 4.78 is 5.27. The van der Waals surface area contributed by atoms with Gasteiger partial charge < -0.3 is 10.2 Å². The van der Waals surface area contributed by atoms with Gasteiger partial charge in [0.2, 0.25) is 0 Å². The van der Waals surface area contributed by atoms with E-state index in [0.29, 0.717) is 0 Å². The van der Waals surface area contributed by atoms with Gasteiger partial charge in [-0.2, -0.15) is 0 Å². The normalized spacial score (nSPS) is 20.6. The molecule has 1 aliphatic heterocycles.